The van der Waals surface area contributed by atoms with E-state index in [1.54, 1.807) is 30.5 Å². The van der Waals surface area contributed by atoms with Crippen LogP contribution in [0.5, 0.6) is 11.6 Å². The molecule has 3 heterocycles. The average molecular weight is 388 g/mol. The SMILES string of the molecule is CCOc1ncccc1C(=O)Nc1cccc(OCc2cn3ccccc3n2)c1. The second-order valence-electron chi connectivity index (χ2n) is 6.26. The molecule has 0 atom stereocenters. The van der Waals surface area contributed by atoms with Crippen LogP contribution in [0.3, 0.4) is 0 Å². The van der Waals surface area contributed by atoms with Gasteiger partial charge in [-0.05, 0) is 43.3 Å². The highest BCUT2D eigenvalue weighted by molar-refractivity contribution is 6.05. The maximum atomic E-state index is 12.6. The molecular formula is C22H20N4O3. The van der Waals surface area contributed by atoms with Crippen molar-refractivity contribution in [2.24, 2.45) is 0 Å². The van der Waals surface area contributed by atoms with Crippen molar-refractivity contribution in [1.29, 1.82) is 0 Å². The molecule has 7 nitrogen and oxygen atoms in total. The van der Waals surface area contributed by atoms with Crippen LogP contribution >= 0.6 is 0 Å². The Bertz CT molecular complexity index is 1110. The van der Waals surface area contributed by atoms with Crippen LogP contribution in [0, 0.1) is 0 Å². The Morgan fingerprint density at radius 1 is 1.10 bits per heavy atom. The van der Waals surface area contributed by atoms with E-state index in [2.05, 4.69) is 15.3 Å². The van der Waals surface area contributed by atoms with Gasteiger partial charge in [0.15, 0.2) is 0 Å². The zero-order valence-electron chi connectivity index (χ0n) is 15.9. The summed E-state index contributed by atoms with van der Waals surface area (Å²) < 4.78 is 13.2. The van der Waals surface area contributed by atoms with Crippen LogP contribution in [0.1, 0.15) is 23.0 Å². The van der Waals surface area contributed by atoms with Crippen LogP contribution in [-0.4, -0.2) is 26.9 Å². The molecule has 0 aliphatic rings. The first-order valence-electron chi connectivity index (χ1n) is 9.27. The minimum absolute atomic E-state index is 0.293. The quantitative estimate of drug-likeness (QED) is 0.519. The Morgan fingerprint density at radius 2 is 2.03 bits per heavy atom. The van der Waals surface area contributed by atoms with Crippen LogP contribution < -0.4 is 14.8 Å². The topological polar surface area (TPSA) is 77.8 Å². The molecule has 4 aromatic rings. The van der Waals surface area contributed by atoms with Crippen LogP contribution in [0.15, 0.2) is 73.2 Å². The number of carbonyl (C=O) groups is 1. The average Bonchev–Trinajstić information content (AvgIpc) is 3.16. The highest BCUT2D eigenvalue weighted by Crippen LogP contribution is 2.21. The zero-order valence-corrected chi connectivity index (χ0v) is 15.9. The number of amides is 1. The van der Waals surface area contributed by atoms with Crippen molar-refractivity contribution in [2.75, 3.05) is 11.9 Å². The van der Waals surface area contributed by atoms with Crippen molar-refractivity contribution in [3.8, 4) is 11.6 Å². The Kier molecular flexibility index (Phi) is 5.38. The maximum Gasteiger partial charge on any atom is 0.261 e. The zero-order chi connectivity index (χ0) is 20.1. The minimum atomic E-state index is -0.293. The summed E-state index contributed by atoms with van der Waals surface area (Å²) in [6.45, 7) is 2.61. The fraction of sp³-hybridized carbons (Fsp3) is 0.136. The molecule has 1 amide bonds. The molecule has 0 aliphatic carbocycles. The lowest BCUT2D eigenvalue weighted by Gasteiger charge is -2.10. The molecular weight excluding hydrogens is 368 g/mol. The Labute approximate surface area is 168 Å². The summed E-state index contributed by atoms with van der Waals surface area (Å²) in [5, 5.41) is 2.86. The van der Waals surface area contributed by atoms with Gasteiger partial charge in [-0.1, -0.05) is 12.1 Å². The third-order valence-corrected chi connectivity index (χ3v) is 4.19. The van der Waals surface area contributed by atoms with E-state index in [1.165, 1.54) is 0 Å². The number of nitrogens with one attached hydrogen (secondary N) is 1. The number of hydrogen-bond donors (Lipinski definition) is 1. The van der Waals surface area contributed by atoms with Gasteiger partial charge in [0.2, 0.25) is 5.88 Å². The number of imidazole rings is 1. The lowest BCUT2D eigenvalue weighted by Crippen LogP contribution is -2.14. The summed E-state index contributed by atoms with van der Waals surface area (Å²) in [5.74, 6) is 0.655. The Hall–Kier alpha value is -3.87. The van der Waals surface area contributed by atoms with Crippen LogP contribution in [0.4, 0.5) is 5.69 Å². The largest absolute Gasteiger partial charge is 0.487 e. The van der Waals surface area contributed by atoms with E-state index in [0.29, 0.717) is 36.1 Å². The molecule has 29 heavy (non-hydrogen) atoms. The number of benzene rings is 1. The van der Waals surface area contributed by atoms with Crippen LogP contribution in [0.25, 0.3) is 5.65 Å². The highest BCUT2D eigenvalue weighted by Gasteiger charge is 2.14. The van der Waals surface area contributed by atoms with Crippen molar-refractivity contribution in [3.63, 3.8) is 0 Å². The van der Waals surface area contributed by atoms with E-state index in [9.17, 15) is 4.79 Å². The monoisotopic (exact) mass is 388 g/mol. The number of hydrogen-bond acceptors (Lipinski definition) is 5. The van der Waals surface area contributed by atoms with E-state index >= 15 is 0 Å². The summed E-state index contributed by atoms with van der Waals surface area (Å²) in [7, 11) is 0. The second-order valence-corrected chi connectivity index (χ2v) is 6.26. The third kappa shape index (κ3) is 4.35. The lowest BCUT2D eigenvalue weighted by atomic mass is 10.2. The smallest absolute Gasteiger partial charge is 0.261 e. The van der Waals surface area contributed by atoms with E-state index in [1.807, 2.05) is 54.0 Å². The van der Waals surface area contributed by atoms with Crippen molar-refractivity contribution in [1.82, 2.24) is 14.4 Å². The van der Waals surface area contributed by atoms with Gasteiger partial charge in [-0.3, -0.25) is 4.79 Å². The van der Waals surface area contributed by atoms with Gasteiger partial charge in [0, 0.05) is 30.3 Å². The number of nitrogens with zero attached hydrogens (tertiary/aromatic N) is 3. The molecule has 4 rings (SSSR count). The predicted octanol–water partition coefficient (Wildman–Crippen LogP) is 3.96. The number of pyridine rings is 2. The van der Waals surface area contributed by atoms with E-state index < -0.39 is 0 Å². The van der Waals surface area contributed by atoms with E-state index in [-0.39, 0.29) is 5.91 Å². The molecule has 0 fully saturated rings. The fourth-order valence-electron chi connectivity index (χ4n) is 2.89. The van der Waals surface area contributed by atoms with Crippen molar-refractivity contribution in [2.45, 2.75) is 13.5 Å². The number of anilines is 1. The number of fused-ring (bicyclic) bond motifs is 1. The van der Waals surface area contributed by atoms with Gasteiger partial charge in [0.25, 0.3) is 5.91 Å². The maximum absolute atomic E-state index is 12.6. The molecule has 7 heteroatoms. The summed E-state index contributed by atoms with van der Waals surface area (Å²) >= 11 is 0. The fourth-order valence-corrected chi connectivity index (χ4v) is 2.89. The molecule has 0 saturated heterocycles. The molecule has 0 spiro atoms. The normalized spacial score (nSPS) is 10.7. The molecule has 0 saturated carbocycles. The first kappa shape index (κ1) is 18.5. The molecule has 146 valence electrons. The molecule has 0 radical (unpaired) electrons. The number of carbonyl (C=O) groups excluding carboxylic acids is 1. The summed E-state index contributed by atoms with van der Waals surface area (Å²) in [5.41, 5.74) is 2.69. The highest BCUT2D eigenvalue weighted by atomic mass is 16.5. The molecule has 3 aromatic heterocycles. The first-order valence-corrected chi connectivity index (χ1v) is 9.27. The van der Waals surface area contributed by atoms with Crippen LogP contribution in [-0.2, 0) is 6.61 Å². The summed E-state index contributed by atoms with van der Waals surface area (Å²) in [6.07, 6.45) is 5.46. The van der Waals surface area contributed by atoms with Gasteiger partial charge in [-0.15, -0.1) is 0 Å². The first-order chi connectivity index (χ1) is 14.2. The minimum Gasteiger partial charge on any atom is -0.487 e. The van der Waals surface area contributed by atoms with Gasteiger partial charge in [0.05, 0.1) is 12.3 Å². The number of ether oxygens (including phenoxy) is 2. The second kappa shape index (κ2) is 8.43. The molecule has 0 bridgehead atoms. The van der Waals surface area contributed by atoms with Crippen LogP contribution in [0.2, 0.25) is 0 Å². The van der Waals surface area contributed by atoms with Gasteiger partial charge >= 0.3 is 0 Å². The van der Waals surface area contributed by atoms with Gasteiger partial charge in [0.1, 0.15) is 23.6 Å². The number of aromatic nitrogens is 3. The standard InChI is InChI=1S/C22H20N4O3/c1-2-28-22-19(9-6-11-23-22)21(27)25-16-7-5-8-18(13-16)29-15-17-14-26-12-4-3-10-20(26)24-17/h3-14H,2,15H2,1H3,(H,25,27). The molecule has 1 N–H and O–H groups in total. The van der Waals surface area contributed by atoms with Gasteiger partial charge in [-0.25, -0.2) is 9.97 Å². The van der Waals surface area contributed by atoms with Gasteiger partial charge < -0.3 is 19.2 Å². The molecule has 0 unspecified atom stereocenters. The molecule has 0 aliphatic heterocycles. The number of rotatable bonds is 7. The Balaban J connectivity index is 1.44. The van der Waals surface area contributed by atoms with Crippen molar-refractivity contribution >= 4 is 17.2 Å². The van der Waals surface area contributed by atoms with Gasteiger partial charge in [-0.2, -0.15) is 0 Å². The van der Waals surface area contributed by atoms with Crippen molar-refractivity contribution < 1.29 is 14.3 Å². The predicted molar refractivity (Wildman–Crippen MR) is 109 cm³/mol. The third-order valence-electron chi connectivity index (χ3n) is 4.19. The summed E-state index contributed by atoms with van der Waals surface area (Å²) in [4.78, 5) is 21.2. The Morgan fingerprint density at radius 3 is 2.90 bits per heavy atom. The van der Waals surface area contributed by atoms with E-state index in [0.717, 1.165) is 11.3 Å². The lowest BCUT2D eigenvalue weighted by molar-refractivity contribution is 0.102. The molecule has 1 aromatic carbocycles. The van der Waals surface area contributed by atoms with Crippen molar-refractivity contribution in [3.05, 3.63) is 84.4 Å². The summed E-state index contributed by atoms with van der Waals surface area (Å²) in [6, 6.07) is 16.4. The van der Waals surface area contributed by atoms with E-state index in [4.69, 9.17) is 9.47 Å².